The van der Waals surface area contributed by atoms with Crippen LogP contribution in [0.4, 0.5) is 0 Å². The third-order valence-corrected chi connectivity index (χ3v) is 7.62. The highest BCUT2D eigenvalue weighted by Crippen LogP contribution is 2.47. The highest BCUT2D eigenvalue weighted by Gasteiger charge is 2.42. The van der Waals surface area contributed by atoms with Gasteiger partial charge in [0.15, 0.2) is 17.3 Å². The second-order valence-electron chi connectivity index (χ2n) is 9.85. The van der Waals surface area contributed by atoms with E-state index in [1.54, 1.807) is 0 Å². The molecule has 2 heterocycles. The Morgan fingerprint density at radius 1 is 0.971 bits per heavy atom. The third-order valence-electron chi connectivity index (χ3n) is 7.62. The molecule has 0 spiro atoms. The fourth-order valence-electron chi connectivity index (χ4n) is 5.92. The molecule has 2 aromatic carbocycles. The summed E-state index contributed by atoms with van der Waals surface area (Å²) in [5.41, 5.74) is 4.82. The molecular formula is C29H29NO5. The van der Waals surface area contributed by atoms with Crippen molar-refractivity contribution in [2.75, 3.05) is 6.79 Å². The molecule has 2 aliphatic carbocycles. The number of esters is 1. The van der Waals surface area contributed by atoms with Crippen molar-refractivity contribution < 1.29 is 23.8 Å². The maximum absolute atomic E-state index is 13.7. The SMILES string of the molecule is CC1=C(C(=O)OC2CCCC2)[C@@H](c2ccc3c(c2)OCO3)C2=C(C[C@@H](c3ccccc3)CC2=O)N1. The van der Waals surface area contributed by atoms with E-state index in [9.17, 15) is 9.59 Å². The summed E-state index contributed by atoms with van der Waals surface area (Å²) in [6.45, 7) is 2.08. The average Bonchev–Trinajstić information content (AvgIpc) is 3.55. The quantitative estimate of drug-likeness (QED) is 0.613. The highest BCUT2D eigenvalue weighted by molar-refractivity contribution is 6.04. The van der Waals surface area contributed by atoms with Gasteiger partial charge in [0, 0.05) is 29.3 Å². The van der Waals surface area contributed by atoms with Gasteiger partial charge >= 0.3 is 5.97 Å². The van der Waals surface area contributed by atoms with Crippen LogP contribution >= 0.6 is 0 Å². The summed E-state index contributed by atoms with van der Waals surface area (Å²) in [6, 6.07) is 15.9. The minimum Gasteiger partial charge on any atom is -0.459 e. The van der Waals surface area contributed by atoms with Gasteiger partial charge in [-0.15, -0.1) is 0 Å². The molecule has 0 radical (unpaired) electrons. The zero-order valence-corrected chi connectivity index (χ0v) is 19.8. The zero-order valence-electron chi connectivity index (χ0n) is 19.8. The largest absolute Gasteiger partial charge is 0.459 e. The van der Waals surface area contributed by atoms with E-state index in [0.717, 1.165) is 48.2 Å². The zero-order chi connectivity index (χ0) is 23.9. The molecule has 6 nitrogen and oxygen atoms in total. The molecule has 1 fully saturated rings. The third kappa shape index (κ3) is 4.01. The molecule has 0 bridgehead atoms. The van der Waals surface area contributed by atoms with E-state index in [1.807, 2.05) is 43.3 Å². The van der Waals surface area contributed by atoms with Crippen molar-refractivity contribution in [1.29, 1.82) is 0 Å². The van der Waals surface area contributed by atoms with E-state index in [0.29, 0.717) is 35.5 Å². The molecule has 2 aliphatic heterocycles. The highest BCUT2D eigenvalue weighted by atomic mass is 16.7. The molecule has 1 N–H and O–H groups in total. The van der Waals surface area contributed by atoms with Crippen LogP contribution in [0, 0.1) is 0 Å². The van der Waals surface area contributed by atoms with Crippen LogP contribution in [0.5, 0.6) is 11.5 Å². The maximum atomic E-state index is 13.7. The van der Waals surface area contributed by atoms with E-state index < -0.39 is 5.92 Å². The molecule has 180 valence electrons. The fourth-order valence-corrected chi connectivity index (χ4v) is 5.92. The van der Waals surface area contributed by atoms with Crippen molar-refractivity contribution in [2.24, 2.45) is 0 Å². The lowest BCUT2D eigenvalue weighted by atomic mass is 9.71. The maximum Gasteiger partial charge on any atom is 0.337 e. The summed E-state index contributed by atoms with van der Waals surface area (Å²) in [6.07, 6.45) is 5.02. The Hall–Kier alpha value is -3.54. The van der Waals surface area contributed by atoms with Crippen LogP contribution in [0.3, 0.4) is 0 Å². The number of dihydropyridines is 1. The Bertz CT molecular complexity index is 1240. The molecule has 6 heteroatoms. The summed E-state index contributed by atoms with van der Waals surface area (Å²) in [4.78, 5) is 27.3. The smallest absolute Gasteiger partial charge is 0.337 e. The minimum atomic E-state index is -0.501. The lowest BCUT2D eigenvalue weighted by Crippen LogP contribution is -2.36. The average molecular weight is 472 g/mol. The molecule has 4 aliphatic rings. The van der Waals surface area contributed by atoms with Crippen molar-refractivity contribution in [1.82, 2.24) is 5.32 Å². The number of carbonyl (C=O) groups excluding carboxylic acids is 2. The first-order chi connectivity index (χ1) is 17.1. The van der Waals surface area contributed by atoms with Gasteiger partial charge in [-0.05, 0) is 68.2 Å². The van der Waals surface area contributed by atoms with Gasteiger partial charge in [-0.2, -0.15) is 0 Å². The van der Waals surface area contributed by atoms with Gasteiger partial charge in [-0.3, -0.25) is 4.79 Å². The number of allylic oxidation sites excluding steroid dienone is 3. The van der Waals surface area contributed by atoms with Crippen LogP contribution in [-0.4, -0.2) is 24.6 Å². The number of fused-ring (bicyclic) bond motifs is 1. The Morgan fingerprint density at radius 3 is 2.54 bits per heavy atom. The number of rotatable bonds is 4. The molecule has 0 saturated heterocycles. The first-order valence-corrected chi connectivity index (χ1v) is 12.5. The second kappa shape index (κ2) is 8.91. The van der Waals surface area contributed by atoms with Gasteiger partial charge in [0.25, 0.3) is 0 Å². The number of hydrogen-bond acceptors (Lipinski definition) is 6. The van der Waals surface area contributed by atoms with Crippen molar-refractivity contribution in [3.8, 4) is 11.5 Å². The normalized spacial score (nSPS) is 23.9. The van der Waals surface area contributed by atoms with Gasteiger partial charge in [0.1, 0.15) is 6.10 Å². The van der Waals surface area contributed by atoms with Crippen molar-refractivity contribution in [2.45, 2.75) is 63.4 Å². The second-order valence-corrected chi connectivity index (χ2v) is 9.85. The van der Waals surface area contributed by atoms with Gasteiger partial charge in [0.05, 0.1) is 5.57 Å². The van der Waals surface area contributed by atoms with Crippen LogP contribution in [-0.2, 0) is 14.3 Å². The monoisotopic (exact) mass is 471 g/mol. The van der Waals surface area contributed by atoms with Crippen molar-refractivity contribution in [3.05, 3.63) is 82.2 Å². The molecule has 2 aromatic rings. The Morgan fingerprint density at radius 2 is 1.74 bits per heavy atom. The first-order valence-electron chi connectivity index (χ1n) is 12.5. The number of carbonyl (C=O) groups is 2. The standard InChI is InChI=1S/C29H29NO5/c1-17-26(29(32)35-21-9-5-6-10-21)27(19-11-12-24-25(15-19)34-16-33-24)28-22(30-17)13-20(14-23(28)31)18-7-3-2-4-8-18/h2-4,7-8,11-12,15,20-21,27,30H,5-6,9-10,13-14,16H2,1H3/t20-,27-/m1/s1. The van der Waals surface area contributed by atoms with E-state index in [4.69, 9.17) is 14.2 Å². The molecule has 0 amide bonds. The molecular weight excluding hydrogens is 442 g/mol. The van der Waals surface area contributed by atoms with E-state index >= 15 is 0 Å². The minimum absolute atomic E-state index is 0.0555. The number of ether oxygens (including phenoxy) is 3. The van der Waals surface area contributed by atoms with E-state index in [-0.39, 0.29) is 30.6 Å². The van der Waals surface area contributed by atoms with Crippen molar-refractivity contribution >= 4 is 11.8 Å². The van der Waals surface area contributed by atoms with Gasteiger partial charge in [-0.25, -0.2) is 4.79 Å². The molecule has 0 unspecified atom stereocenters. The van der Waals surface area contributed by atoms with Gasteiger partial charge < -0.3 is 19.5 Å². The van der Waals surface area contributed by atoms with E-state index in [1.165, 1.54) is 0 Å². The predicted molar refractivity (Wildman–Crippen MR) is 130 cm³/mol. The molecule has 6 rings (SSSR count). The summed E-state index contributed by atoms with van der Waals surface area (Å²) in [5.74, 6) is 0.635. The Labute approximate surface area is 205 Å². The predicted octanol–water partition coefficient (Wildman–Crippen LogP) is 5.26. The topological polar surface area (TPSA) is 73.9 Å². The van der Waals surface area contributed by atoms with Crippen LogP contribution in [0.1, 0.15) is 68.4 Å². The fraction of sp³-hybridized carbons (Fsp3) is 0.379. The van der Waals surface area contributed by atoms with Gasteiger partial charge in [-0.1, -0.05) is 36.4 Å². The van der Waals surface area contributed by atoms with Crippen LogP contribution in [0.15, 0.2) is 71.1 Å². The summed E-state index contributed by atoms with van der Waals surface area (Å²) in [5, 5.41) is 3.44. The number of nitrogens with one attached hydrogen (secondary N) is 1. The number of Topliss-reactive ketones (excluding diaryl/α,β-unsaturated/α-hetero) is 1. The number of hydrogen-bond donors (Lipinski definition) is 1. The molecule has 0 aromatic heterocycles. The van der Waals surface area contributed by atoms with Gasteiger partial charge in [0.2, 0.25) is 6.79 Å². The van der Waals surface area contributed by atoms with Crippen LogP contribution in [0.2, 0.25) is 0 Å². The lowest BCUT2D eigenvalue weighted by Gasteiger charge is -2.37. The van der Waals surface area contributed by atoms with E-state index in [2.05, 4.69) is 17.4 Å². The Kier molecular flexibility index (Phi) is 5.59. The molecule has 35 heavy (non-hydrogen) atoms. The number of ketones is 1. The van der Waals surface area contributed by atoms with Crippen LogP contribution < -0.4 is 14.8 Å². The lowest BCUT2D eigenvalue weighted by molar-refractivity contribution is -0.144. The number of benzene rings is 2. The van der Waals surface area contributed by atoms with Crippen LogP contribution in [0.25, 0.3) is 0 Å². The van der Waals surface area contributed by atoms with Crippen molar-refractivity contribution in [3.63, 3.8) is 0 Å². The first kappa shape index (κ1) is 22.0. The Balaban J connectivity index is 1.41. The summed E-state index contributed by atoms with van der Waals surface area (Å²) < 4.78 is 17.1. The summed E-state index contributed by atoms with van der Waals surface area (Å²) >= 11 is 0. The molecule has 1 saturated carbocycles. The molecule has 2 atom stereocenters. The summed E-state index contributed by atoms with van der Waals surface area (Å²) in [7, 11) is 0.